The molecule has 0 unspecified atom stereocenters. The van der Waals surface area contributed by atoms with Gasteiger partial charge < -0.3 is 10.1 Å². The van der Waals surface area contributed by atoms with E-state index in [4.69, 9.17) is 4.74 Å². The van der Waals surface area contributed by atoms with Crippen LogP contribution in [0.4, 0.5) is 13.2 Å². The Bertz CT molecular complexity index is 965. The second-order valence-corrected chi connectivity index (χ2v) is 8.73. The van der Waals surface area contributed by atoms with Crippen molar-refractivity contribution < 1.29 is 22.7 Å². The van der Waals surface area contributed by atoms with E-state index in [0.717, 1.165) is 56.6 Å². The first kappa shape index (κ1) is 23.0. The summed E-state index contributed by atoms with van der Waals surface area (Å²) in [5.41, 5.74) is 1.23. The number of nitrogens with one attached hydrogen (secondary N) is 1. The maximum Gasteiger partial charge on any atom is 0.433 e. The zero-order valence-corrected chi connectivity index (χ0v) is 18.4. The third kappa shape index (κ3) is 5.60. The lowest BCUT2D eigenvalue weighted by Crippen LogP contribution is -2.38. The van der Waals surface area contributed by atoms with Crippen LogP contribution in [0.15, 0.2) is 29.4 Å². The van der Waals surface area contributed by atoms with Gasteiger partial charge in [-0.3, -0.25) is 9.69 Å². The highest BCUT2D eigenvalue weighted by Gasteiger charge is 2.38. The van der Waals surface area contributed by atoms with Crippen LogP contribution in [0, 0.1) is 0 Å². The monoisotopic (exact) mass is 466 g/mol. The molecule has 1 aromatic heterocycles. The second kappa shape index (κ2) is 10.2. The number of aryl methyl sites for hydroxylation is 1. The van der Waals surface area contributed by atoms with Crippen LogP contribution in [0.1, 0.15) is 23.2 Å². The van der Waals surface area contributed by atoms with Crippen molar-refractivity contribution in [2.45, 2.75) is 30.6 Å². The van der Waals surface area contributed by atoms with Gasteiger partial charge in [0.05, 0.1) is 24.7 Å². The number of carbonyl (C=O) groups excluding carboxylic acids is 1. The van der Waals surface area contributed by atoms with Crippen LogP contribution in [-0.2, 0) is 28.5 Å². The Morgan fingerprint density at radius 3 is 2.72 bits per heavy atom. The van der Waals surface area contributed by atoms with E-state index in [1.54, 1.807) is 12.1 Å². The Kier molecular flexibility index (Phi) is 7.32. The van der Waals surface area contributed by atoms with E-state index in [1.807, 2.05) is 12.1 Å². The lowest BCUT2D eigenvalue weighted by Gasteiger charge is -2.26. The molecule has 1 aliphatic heterocycles. The lowest BCUT2D eigenvalue weighted by atomic mass is 9.88. The van der Waals surface area contributed by atoms with Crippen molar-refractivity contribution in [3.05, 3.63) is 41.1 Å². The van der Waals surface area contributed by atoms with Crippen molar-refractivity contribution in [2.75, 3.05) is 45.1 Å². The third-order valence-corrected chi connectivity index (χ3v) is 6.43. The molecule has 0 atom stereocenters. The molecule has 172 valence electrons. The Morgan fingerprint density at radius 1 is 1.16 bits per heavy atom. The van der Waals surface area contributed by atoms with Gasteiger partial charge in [0.1, 0.15) is 0 Å². The van der Waals surface area contributed by atoms with Crippen molar-refractivity contribution in [1.29, 1.82) is 0 Å². The quantitative estimate of drug-likeness (QED) is 0.384. The second-order valence-electron chi connectivity index (χ2n) is 7.78. The van der Waals surface area contributed by atoms with Crippen molar-refractivity contribution in [3.8, 4) is 11.3 Å². The van der Waals surface area contributed by atoms with Crippen LogP contribution in [0.3, 0.4) is 0 Å². The van der Waals surface area contributed by atoms with Gasteiger partial charge in [0.15, 0.2) is 10.9 Å². The number of rotatable bonds is 7. The fraction of sp³-hybridized carbons (Fsp3) is 0.500. The fourth-order valence-corrected chi connectivity index (χ4v) is 4.66. The average Bonchev–Trinajstić information content (AvgIpc) is 2.80. The summed E-state index contributed by atoms with van der Waals surface area (Å²) in [6.45, 7) is 4.64. The number of carbonyl (C=O) groups is 1. The Hall–Kier alpha value is -2.17. The van der Waals surface area contributed by atoms with E-state index in [9.17, 15) is 18.0 Å². The van der Waals surface area contributed by atoms with Crippen LogP contribution in [-0.4, -0.2) is 65.9 Å². The molecule has 2 aliphatic rings. The van der Waals surface area contributed by atoms with E-state index in [-0.39, 0.29) is 28.8 Å². The summed E-state index contributed by atoms with van der Waals surface area (Å²) in [5.74, 6) is -0.276. The van der Waals surface area contributed by atoms with Crippen LogP contribution >= 0.6 is 11.8 Å². The van der Waals surface area contributed by atoms with Gasteiger partial charge in [0, 0.05) is 30.8 Å². The molecule has 1 fully saturated rings. The number of hydrogen-bond donors (Lipinski definition) is 1. The minimum absolute atomic E-state index is 0.0313. The number of alkyl halides is 3. The van der Waals surface area contributed by atoms with E-state index in [0.29, 0.717) is 24.2 Å². The summed E-state index contributed by atoms with van der Waals surface area (Å²) in [6.07, 6.45) is -3.00. The molecule has 0 radical (unpaired) electrons. The van der Waals surface area contributed by atoms with Gasteiger partial charge in [-0.05, 0) is 31.4 Å². The number of aromatic nitrogens is 2. The minimum atomic E-state index is -4.57. The van der Waals surface area contributed by atoms with Gasteiger partial charge in [0.25, 0.3) is 0 Å². The molecule has 0 spiro atoms. The molecule has 0 saturated carbocycles. The summed E-state index contributed by atoms with van der Waals surface area (Å²) in [7, 11) is 0. The van der Waals surface area contributed by atoms with Gasteiger partial charge in [0.2, 0.25) is 5.91 Å². The maximum absolute atomic E-state index is 13.7. The van der Waals surface area contributed by atoms with Crippen LogP contribution in [0.5, 0.6) is 0 Å². The summed E-state index contributed by atoms with van der Waals surface area (Å²) in [5, 5.41) is 2.79. The maximum atomic E-state index is 13.7. The Balaban J connectivity index is 1.39. The predicted molar refractivity (Wildman–Crippen MR) is 115 cm³/mol. The highest BCUT2D eigenvalue weighted by molar-refractivity contribution is 7.99. The molecule has 2 heterocycles. The van der Waals surface area contributed by atoms with Gasteiger partial charge in [-0.1, -0.05) is 36.0 Å². The van der Waals surface area contributed by atoms with E-state index < -0.39 is 11.9 Å². The van der Waals surface area contributed by atoms with Gasteiger partial charge in [-0.2, -0.15) is 13.2 Å². The SMILES string of the molecule is O=C(CSc1nc2c(c(C(F)(F)F)n1)CCc1ccccc1-2)NCCCN1CCOCC1. The van der Waals surface area contributed by atoms with Crippen molar-refractivity contribution in [1.82, 2.24) is 20.2 Å². The molecule has 1 aliphatic carbocycles. The molecule has 10 heteroatoms. The highest BCUT2D eigenvalue weighted by Crippen LogP contribution is 2.40. The number of amides is 1. The number of halogens is 3. The zero-order valence-electron chi connectivity index (χ0n) is 17.6. The Labute approximate surface area is 188 Å². The van der Waals surface area contributed by atoms with E-state index in [2.05, 4.69) is 20.2 Å². The Morgan fingerprint density at radius 2 is 1.94 bits per heavy atom. The largest absolute Gasteiger partial charge is 0.433 e. The van der Waals surface area contributed by atoms with Gasteiger partial charge in [-0.15, -0.1) is 0 Å². The summed E-state index contributed by atoms with van der Waals surface area (Å²) in [6, 6.07) is 7.36. The average molecular weight is 467 g/mol. The molecule has 0 bridgehead atoms. The molecule has 1 amide bonds. The topological polar surface area (TPSA) is 67.4 Å². The number of morpholine rings is 1. The van der Waals surface area contributed by atoms with Crippen molar-refractivity contribution in [3.63, 3.8) is 0 Å². The number of ether oxygens (including phenoxy) is 1. The molecule has 2 aromatic rings. The molecule has 1 N–H and O–H groups in total. The molecule has 6 nitrogen and oxygen atoms in total. The smallest absolute Gasteiger partial charge is 0.379 e. The molecule has 4 rings (SSSR count). The van der Waals surface area contributed by atoms with Crippen LogP contribution in [0.25, 0.3) is 11.3 Å². The molecule has 1 saturated heterocycles. The van der Waals surface area contributed by atoms with Crippen molar-refractivity contribution >= 4 is 17.7 Å². The predicted octanol–water partition coefficient (Wildman–Crippen LogP) is 3.19. The lowest BCUT2D eigenvalue weighted by molar-refractivity contribution is -0.142. The van der Waals surface area contributed by atoms with Gasteiger partial charge >= 0.3 is 6.18 Å². The zero-order chi connectivity index (χ0) is 22.6. The molecular weight excluding hydrogens is 441 g/mol. The fourth-order valence-electron chi connectivity index (χ4n) is 3.99. The van der Waals surface area contributed by atoms with Crippen LogP contribution in [0.2, 0.25) is 0 Å². The number of fused-ring (bicyclic) bond motifs is 3. The normalized spacial score (nSPS) is 16.3. The van der Waals surface area contributed by atoms with Crippen molar-refractivity contribution in [2.24, 2.45) is 0 Å². The number of thioether (sulfide) groups is 1. The number of hydrogen-bond acceptors (Lipinski definition) is 6. The highest BCUT2D eigenvalue weighted by atomic mass is 32.2. The molecule has 1 aromatic carbocycles. The standard InChI is InChI=1S/C22H25F3N4O2S/c23-22(24,25)20-17-7-6-15-4-1-2-5-16(15)19(17)27-21(28-20)32-14-18(30)26-8-3-9-29-10-12-31-13-11-29/h1-2,4-5H,3,6-14H2,(H,26,30). The first-order chi connectivity index (χ1) is 15.4. The van der Waals surface area contributed by atoms with E-state index >= 15 is 0 Å². The first-order valence-electron chi connectivity index (χ1n) is 10.7. The molecule has 32 heavy (non-hydrogen) atoms. The van der Waals surface area contributed by atoms with Crippen LogP contribution < -0.4 is 5.32 Å². The summed E-state index contributed by atoms with van der Waals surface area (Å²) in [4.78, 5) is 22.7. The number of nitrogens with zero attached hydrogens (tertiary/aromatic N) is 3. The number of benzene rings is 1. The molecular formula is C22H25F3N4O2S. The van der Waals surface area contributed by atoms with Gasteiger partial charge in [-0.25, -0.2) is 9.97 Å². The summed E-state index contributed by atoms with van der Waals surface area (Å²) < 4.78 is 46.4. The summed E-state index contributed by atoms with van der Waals surface area (Å²) >= 11 is 0.931. The van der Waals surface area contributed by atoms with E-state index in [1.165, 1.54) is 0 Å². The minimum Gasteiger partial charge on any atom is -0.379 e. The first-order valence-corrected chi connectivity index (χ1v) is 11.7. The third-order valence-electron chi connectivity index (χ3n) is 5.58.